The van der Waals surface area contributed by atoms with Crippen molar-refractivity contribution in [3.63, 3.8) is 0 Å². The van der Waals surface area contributed by atoms with Crippen molar-refractivity contribution in [2.24, 2.45) is 16.7 Å². The minimum atomic E-state index is -0.405. The number of ketones is 1. The smallest absolute Gasteiger partial charge is 0.254 e. The molecule has 12 nitrogen and oxygen atoms in total. The van der Waals surface area contributed by atoms with Gasteiger partial charge in [0.05, 0.1) is 0 Å². The van der Waals surface area contributed by atoms with Crippen LogP contribution in [-0.4, -0.2) is 85.5 Å². The Morgan fingerprint density at radius 2 is 1.26 bits per heavy atom. The van der Waals surface area contributed by atoms with Crippen LogP contribution in [0.3, 0.4) is 0 Å². The van der Waals surface area contributed by atoms with Gasteiger partial charge in [0.2, 0.25) is 11.8 Å². The Kier molecular flexibility index (Phi) is 26.3. The first kappa shape index (κ1) is 66.0. The van der Waals surface area contributed by atoms with Crippen molar-refractivity contribution in [3.8, 4) is 11.8 Å². The van der Waals surface area contributed by atoms with Crippen molar-refractivity contribution in [2.45, 2.75) is 183 Å². The minimum absolute atomic E-state index is 0.0225. The molecule has 0 spiro atoms. The molecule has 14 heteroatoms. The van der Waals surface area contributed by atoms with E-state index in [-0.39, 0.29) is 58.4 Å². The zero-order chi connectivity index (χ0) is 56.2. The van der Waals surface area contributed by atoms with Crippen LogP contribution in [0.25, 0.3) is 0 Å². The fraction of sp³-hybridized carbons (Fsp3) is 0.525. The second kappa shape index (κ2) is 29.2. The summed E-state index contributed by atoms with van der Waals surface area (Å²) in [7, 11) is 5.18. The molecule has 3 aliphatic rings. The van der Waals surface area contributed by atoms with Crippen molar-refractivity contribution in [1.29, 1.82) is 0 Å². The molecule has 3 aromatic rings. The zero-order valence-corrected chi connectivity index (χ0v) is 49.2. The van der Waals surface area contributed by atoms with Gasteiger partial charge in [0, 0.05) is 75.9 Å². The number of nitrogens with two attached hydrogens (primary N) is 1. The number of hydrogen-bond donors (Lipinski definition) is 2. The fourth-order valence-electron chi connectivity index (χ4n) is 7.01. The van der Waals surface area contributed by atoms with Crippen molar-refractivity contribution in [2.75, 3.05) is 13.7 Å². The van der Waals surface area contributed by atoms with Gasteiger partial charge in [0.15, 0.2) is 6.23 Å². The minimum Gasteiger partial charge on any atom is -0.358 e. The van der Waals surface area contributed by atoms with Gasteiger partial charge < -0.3 is 15.0 Å². The van der Waals surface area contributed by atoms with Gasteiger partial charge in [-0.25, -0.2) is 10.9 Å². The summed E-state index contributed by atoms with van der Waals surface area (Å²) in [6.45, 7) is 38.4. The summed E-state index contributed by atoms with van der Waals surface area (Å²) in [5, 5.41) is 3.76. The number of ether oxygens (including phenoxy) is 1. The van der Waals surface area contributed by atoms with Crippen LogP contribution in [0.2, 0.25) is 0 Å². The molecule has 0 bridgehead atoms. The lowest BCUT2D eigenvalue weighted by molar-refractivity contribution is -0.142. The van der Waals surface area contributed by atoms with Crippen molar-refractivity contribution in [3.05, 3.63) is 119 Å². The van der Waals surface area contributed by atoms with Crippen LogP contribution in [0.4, 0.5) is 0 Å². The van der Waals surface area contributed by atoms with Crippen LogP contribution < -0.4 is 11.2 Å². The van der Waals surface area contributed by atoms with E-state index < -0.39 is 5.54 Å². The van der Waals surface area contributed by atoms with E-state index in [0.717, 1.165) is 11.4 Å². The SMILES string of the molecule is CC(C)(C)C1Cc2ccccc2C#Cc2ccccc21.CC(C)(C)N1C(=O)C=CC1=O.CC(C)(C)NC(=O)CON.CC(C)(C)SSc1ccccn1.CCC(=O)C(C)(C)C.COC1C=CC(=O)N1C(C)(C)C. The molecule has 0 radical (unpaired) electrons. The third-order valence-electron chi connectivity index (χ3n) is 10.4. The van der Waals surface area contributed by atoms with E-state index in [2.05, 4.69) is 123 Å². The summed E-state index contributed by atoms with van der Waals surface area (Å²) in [6.07, 6.45) is 9.27. The molecule has 2 unspecified atom stereocenters. The molecule has 2 atom stereocenters. The Labute approximate surface area is 447 Å². The largest absolute Gasteiger partial charge is 0.358 e. The number of amides is 4. The van der Waals surface area contributed by atoms with E-state index in [1.165, 1.54) is 39.3 Å². The molecule has 0 saturated carbocycles. The van der Waals surface area contributed by atoms with Gasteiger partial charge in [-0.3, -0.25) is 33.7 Å². The Morgan fingerprint density at radius 1 is 0.726 bits per heavy atom. The molecule has 6 rings (SSSR count). The van der Waals surface area contributed by atoms with E-state index in [9.17, 15) is 24.0 Å². The number of methoxy groups -OCH3 is 1. The van der Waals surface area contributed by atoms with Gasteiger partial charge in [0.1, 0.15) is 17.4 Å². The third kappa shape index (κ3) is 25.2. The zero-order valence-electron chi connectivity index (χ0n) is 47.6. The van der Waals surface area contributed by atoms with Gasteiger partial charge in [-0.1, -0.05) is 134 Å². The Hall–Kier alpha value is -5.04. The van der Waals surface area contributed by atoms with E-state index in [4.69, 9.17) is 4.74 Å². The number of carbonyl (C=O) groups excluding carboxylic acids is 5. The highest BCUT2D eigenvalue weighted by atomic mass is 33.1. The summed E-state index contributed by atoms with van der Waals surface area (Å²) in [5.74, 6) is 11.6. The number of aromatic nitrogens is 1. The van der Waals surface area contributed by atoms with Crippen molar-refractivity contribution >= 4 is 51.0 Å². The maximum absolute atomic E-state index is 11.3. The predicted molar refractivity (Wildman–Crippen MR) is 302 cm³/mol. The summed E-state index contributed by atoms with van der Waals surface area (Å²) in [4.78, 5) is 66.3. The topological polar surface area (TPSA) is 161 Å². The number of pyridine rings is 1. The molecule has 0 saturated heterocycles. The van der Waals surface area contributed by atoms with Crippen LogP contribution in [0.15, 0.2) is 102 Å². The summed E-state index contributed by atoms with van der Waals surface area (Å²) in [6, 6.07) is 23.1. The first-order chi connectivity index (χ1) is 33.5. The second-order valence-electron chi connectivity index (χ2n) is 23.6. The van der Waals surface area contributed by atoms with Gasteiger partial charge in [0.25, 0.3) is 11.8 Å². The van der Waals surface area contributed by atoms with Crippen LogP contribution >= 0.6 is 21.6 Å². The average molecular weight is 1040 g/mol. The molecule has 1 aliphatic carbocycles. The van der Waals surface area contributed by atoms with E-state index in [0.29, 0.717) is 22.9 Å². The van der Waals surface area contributed by atoms with Crippen LogP contribution in [0.1, 0.15) is 166 Å². The number of rotatable bonds is 6. The maximum atomic E-state index is 11.3. The molecule has 2 aromatic carbocycles. The summed E-state index contributed by atoms with van der Waals surface area (Å²) in [5.41, 5.74) is 4.42. The summed E-state index contributed by atoms with van der Waals surface area (Å²) < 4.78 is 5.43. The number of nitrogens with zero attached hydrogens (tertiary/aromatic N) is 3. The predicted octanol–water partition coefficient (Wildman–Crippen LogP) is 12.1. The summed E-state index contributed by atoms with van der Waals surface area (Å²) >= 11 is 0. The lowest BCUT2D eigenvalue weighted by Gasteiger charge is -2.36. The molecule has 4 amide bonds. The Bertz CT molecular complexity index is 2360. The number of nitrogens with one attached hydrogen (secondary N) is 1. The van der Waals surface area contributed by atoms with Gasteiger partial charge >= 0.3 is 0 Å². The lowest BCUT2D eigenvalue weighted by Crippen LogP contribution is -2.48. The molecular formula is C59H87N5O7S2. The van der Waals surface area contributed by atoms with Gasteiger partial charge in [-0.05, 0) is 132 Å². The second-order valence-corrected chi connectivity index (χ2v) is 26.6. The molecule has 2 aliphatic heterocycles. The number of fused-ring (bicyclic) bond motifs is 2. The van der Waals surface area contributed by atoms with Crippen LogP contribution in [-0.2, 0) is 40.0 Å². The molecule has 1 aromatic heterocycles. The van der Waals surface area contributed by atoms with Gasteiger partial charge in [-0.2, -0.15) is 0 Å². The Morgan fingerprint density at radius 3 is 1.67 bits per heavy atom. The standard InChI is InChI=1S/C20H20.C9H15NO2.C9H13NS2.C8H11NO2.C7H14O.C6H14N2O2/c1-20(2,3)19-14-17-10-5-4-8-15(17)12-13-16-9-6-7-11-18(16)19;1-9(2,3)10-7(11)5-6-8(10)12-4;1-9(2,3)12-11-8-6-4-5-7-10-8;1-8(2,3)9-6(10)4-5-7(9)11;1-5-6(8)7(2,3)4;1-6(2,3)8-5(9)4-10-7/h4-11,19H,14H2,1-3H3;5-6,8H,1-4H3;4-7H,1-3H3;4-5H,1-3H3;5H2,1-4H3;4,7H2,1-3H3,(H,8,9). The molecule has 3 N–H and O–H groups in total. The first-order valence-corrected chi connectivity index (χ1v) is 26.8. The lowest BCUT2D eigenvalue weighted by atomic mass is 9.71. The van der Waals surface area contributed by atoms with Crippen molar-refractivity contribution < 1.29 is 33.5 Å². The molecule has 73 heavy (non-hydrogen) atoms. The average Bonchev–Trinajstić information content (AvgIpc) is 3.83. The molecule has 0 fully saturated rings. The van der Waals surface area contributed by atoms with Crippen molar-refractivity contribution in [1.82, 2.24) is 20.1 Å². The Balaban J connectivity index is 0.000000451. The highest BCUT2D eigenvalue weighted by Crippen LogP contribution is 2.41. The monoisotopic (exact) mass is 1040 g/mol. The van der Waals surface area contributed by atoms with Crippen LogP contribution in [0, 0.1) is 22.7 Å². The highest BCUT2D eigenvalue weighted by Gasteiger charge is 2.35. The van der Waals surface area contributed by atoms with E-state index in [1.807, 2.05) is 125 Å². The number of Topliss-reactive ketones (excluding diaryl/α,β-unsaturated/α-hetero) is 1. The number of imide groups is 1. The van der Waals surface area contributed by atoms with Gasteiger partial charge in [-0.15, -0.1) is 0 Å². The maximum Gasteiger partial charge on any atom is 0.254 e. The molecule has 402 valence electrons. The van der Waals surface area contributed by atoms with E-state index >= 15 is 0 Å². The number of benzene rings is 2. The number of carbonyl (C=O) groups is 5. The highest BCUT2D eigenvalue weighted by molar-refractivity contribution is 8.77. The normalized spacial score (nSPS) is 16.0. The molecule has 3 heterocycles. The van der Waals surface area contributed by atoms with E-state index in [1.54, 1.807) is 35.0 Å². The number of hydrogen-bond acceptors (Lipinski definition) is 11. The molecular weight excluding hydrogens is 955 g/mol. The first-order valence-electron chi connectivity index (χ1n) is 24.7. The quantitative estimate of drug-likeness (QED) is 0.105. The third-order valence-corrected chi connectivity index (χ3v) is 13.7. The fourth-order valence-corrected chi connectivity index (χ4v) is 8.89. The van der Waals surface area contributed by atoms with Crippen LogP contribution in [0.5, 0.6) is 0 Å².